The topological polar surface area (TPSA) is 71.0 Å². The Morgan fingerprint density at radius 2 is 1.78 bits per heavy atom. The lowest BCUT2D eigenvalue weighted by molar-refractivity contribution is -0.131. The summed E-state index contributed by atoms with van der Waals surface area (Å²) in [7, 11) is 3.71. The molecule has 0 bridgehead atoms. The molecule has 0 atom stereocenters. The number of rotatable bonds is 6. The Balaban J connectivity index is 1.41. The normalized spacial score (nSPS) is 16.0. The summed E-state index contributed by atoms with van der Waals surface area (Å²) in [5, 5.41) is 0. The monoisotopic (exact) mass is 491 g/mol. The van der Waals surface area contributed by atoms with Crippen molar-refractivity contribution >= 4 is 11.9 Å². The van der Waals surface area contributed by atoms with E-state index in [4.69, 9.17) is 19.4 Å². The number of amides is 1. The fraction of sp³-hybridized carbons (Fsp3) is 0.370. The third-order valence-electron chi connectivity index (χ3n) is 6.65. The second kappa shape index (κ2) is 10.5. The van der Waals surface area contributed by atoms with Gasteiger partial charge < -0.3 is 24.2 Å². The van der Waals surface area contributed by atoms with E-state index in [0.29, 0.717) is 37.1 Å². The molecular formula is C27H30FN5O3. The minimum absolute atomic E-state index is 0.00810. The van der Waals surface area contributed by atoms with Gasteiger partial charge in [0.1, 0.15) is 17.3 Å². The molecule has 0 unspecified atom stereocenters. The molecule has 2 aliphatic heterocycles. The Labute approximate surface area is 210 Å². The Morgan fingerprint density at radius 3 is 2.56 bits per heavy atom. The van der Waals surface area contributed by atoms with Crippen LogP contribution >= 0.6 is 0 Å². The molecule has 0 radical (unpaired) electrons. The van der Waals surface area contributed by atoms with Crippen LogP contribution in [0.15, 0.2) is 48.5 Å². The summed E-state index contributed by atoms with van der Waals surface area (Å²) in [6.45, 7) is 4.39. The van der Waals surface area contributed by atoms with Crippen molar-refractivity contribution < 1.29 is 18.7 Å². The summed E-state index contributed by atoms with van der Waals surface area (Å²) < 4.78 is 25.2. The van der Waals surface area contributed by atoms with E-state index in [1.807, 2.05) is 24.3 Å². The summed E-state index contributed by atoms with van der Waals surface area (Å²) in [5.74, 6) is 1.70. The zero-order valence-corrected chi connectivity index (χ0v) is 20.6. The highest BCUT2D eigenvalue weighted by Crippen LogP contribution is 2.32. The first-order valence-electron chi connectivity index (χ1n) is 12.2. The summed E-state index contributed by atoms with van der Waals surface area (Å²) in [6.07, 6.45) is 0.870. The van der Waals surface area contributed by atoms with Crippen LogP contribution in [-0.4, -0.2) is 72.6 Å². The number of aromatic nitrogens is 2. The molecule has 1 amide bonds. The quantitative estimate of drug-likeness (QED) is 0.524. The summed E-state index contributed by atoms with van der Waals surface area (Å²) in [5.41, 5.74) is 2.53. The maximum Gasteiger partial charge on any atom is 0.229 e. The first-order chi connectivity index (χ1) is 17.5. The largest absolute Gasteiger partial charge is 0.497 e. The van der Waals surface area contributed by atoms with Gasteiger partial charge in [-0.15, -0.1) is 0 Å². The van der Waals surface area contributed by atoms with Crippen molar-refractivity contribution in [3.8, 4) is 17.4 Å². The minimum Gasteiger partial charge on any atom is -0.497 e. The maximum atomic E-state index is 13.9. The molecule has 3 heterocycles. The van der Waals surface area contributed by atoms with Crippen molar-refractivity contribution in [2.45, 2.75) is 19.4 Å². The van der Waals surface area contributed by atoms with Crippen molar-refractivity contribution in [3.63, 3.8) is 0 Å². The fourth-order valence-corrected chi connectivity index (χ4v) is 4.53. The van der Waals surface area contributed by atoms with E-state index in [0.717, 1.165) is 48.7 Å². The molecule has 0 aliphatic carbocycles. The van der Waals surface area contributed by atoms with Crippen molar-refractivity contribution in [2.24, 2.45) is 0 Å². The number of fused-ring (bicyclic) bond motifs is 1. The zero-order valence-electron chi connectivity index (χ0n) is 20.6. The molecule has 188 valence electrons. The van der Waals surface area contributed by atoms with Gasteiger partial charge in [-0.05, 0) is 36.9 Å². The molecule has 8 nitrogen and oxygen atoms in total. The summed E-state index contributed by atoms with van der Waals surface area (Å²) >= 11 is 0. The van der Waals surface area contributed by atoms with Crippen molar-refractivity contribution in [1.29, 1.82) is 0 Å². The SMILES string of the molecule is COc1cccc(CC(=O)N2CCc3nc(N4CCN(C)CC4)nc(Oc4cccc(F)c4)c3C2)c1. The Hall–Kier alpha value is -3.72. The standard InChI is InChI=1S/C27H30FN5O3/c1-31-11-13-32(14-12-31)27-29-24-9-10-33(25(34)16-19-5-3-7-21(15-19)35-2)18-23(24)26(30-27)36-22-8-4-6-20(28)17-22/h3-8,15,17H,9-14,16,18H2,1-2H3. The van der Waals surface area contributed by atoms with Crippen molar-refractivity contribution in [1.82, 2.24) is 19.8 Å². The number of benzene rings is 2. The van der Waals surface area contributed by atoms with E-state index < -0.39 is 0 Å². The molecule has 0 N–H and O–H groups in total. The van der Waals surface area contributed by atoms with Crippen LogP contribution in [0.25, 0.3) is 0 Å². The van der Waals surface area contributed by atoms with Gasteiger partial charge in [0.25, 0.3) is 0 Å². The van der Waals surface area contributed by atoms with Gasteiger partial charge in [-0.1, -0.05) is 18.2 Å². The molecule has 0 saturated carbocycles. The lowest BCUT2D eigenvalue weighted by Crippen LogP contribution is -2.45. The van der Waals surface area contributed by atoms with Gasteiger partial charge in [-0.25, -0.2) is 9.37 Å². The third-order valence-corrected chi connectivity index (χ3v) is 6.65. The van der Waals surface area contributed by atoms with Gasteiger partial charge >= 0.3 is 0 Å². The van der Waals surface area contributed by atoms with Gasteiger partial charge in [0, 0.05) is 45.2 Å². The molecular weight excluding hydrogens is 461 g/mol. The number of piperazine rings is 1. The average Bonchev–Trinajstić information content (AvgIpc) is 2.89. The minimum atomic E-state index is -0.384. The molecule has 5 rings (SSSR count). The number of carbonyl (C=O) groups is 1. The summed E-state index contributed by atoms with van der Waals surface area (Å²) in [4.78, 5) is 29.0. The smallest absolute Gasteiger partial charge is 0.229 e. The Morgan fingerprint density at radius 1 is 1.00 bits per heavy atom. The predicted molar refractivity (Wildman–Crippen MR) is 134 cm³/mol. The molecule has 2 aromatic carbocycles. The number of halogens is 1. The van der Waals surface area contributed by atoms with Crippen LogP contribution in [0.4, 0.5) is 10.3 Å². The van der Waals surface area contributed by atoms with E-state index >= 15 is 0 Å². The number of methoxy groups -OCH3 is 1. The number of likely N-dealkylation sites (N-methyl/N-ethyl adjacent to an activating group) is 1. The molecule has 1 aromatic heterocycles. The molecule has 2 aliphatic rings. The fourth-order valence-electron chi connectivity index (χ4n) is 4.53. The second-order valence-corrected chi connectivity index (χ2v) is 9.20. The van der Waals surface area contributed by atoms with Crippen LogP contribution in [0.3, 0.4) is 0 Å². The average molecular weight is 492 g/mol. The van der Waals surface area contributed by atoms with E-state index in [1.165, 1.54) is 12.1 Å². The lowest BCUT2D eigenvalue weighted by Gasteiger charge is -2.34. The zero-order chi connectivity index (χ0) is 25.1. The molecule has 1 fully saturated rings. The molecule has 3 aromatic rings. The number of hydrogen-bond donors (Lipinski definition) is 0. The van der Waals surface area contributed by atoms with Crippen LogP contribution in [0.5, 0.6) is 17.4 Å². The van der Waals surface area contributed by atoms with Crippen LogP contribution in [-0.2, 0) is 24.2 Å². The van der Waals surface area contributed by atoms with Crippen molar-refractivity contribution in [3.05, 3.63) is 71.2 Å². The van der Waals surface area contributed by atoms with E-state index in [1.54, 1.807) is 24.1 Å². The Bertz CT molecular complexity index is 1250. The highest BCUT2D eigenvalue weighted by molar-refractivity contribution is 5.79. The van der Waals surface area contributed by atoms with E-state index in [-0.39, 0.29) is 18.1 Å². The van der Waals surface area contributed by atoms with Gasteiger partial charge in [0.05, 0.1) is 31.3 Å². The molecule has 1 saturated heterocycles. The highest BCUT2D eigenvalue weighted by atomic mass is 19.1. The molecule has 0 spiro atoms. The van der Waals surface area contributed by atoms with Crippen molar-refractivity contribution in [2.75, 3.05) is 51.8 Å². The molecule has 9 heteroatoms. The predicted octanol–water partition coefficient (Wildman–Crippen LogP) is 3.30. The van der Waals surface area contributed by atoms with E-state index in [2.05, 4.69) is 16.8 Å². The Kier molecular flexibility index (Phi) is 6.99. The van der Waals surface area contributed by atoms with Gasteiger partial charge in [0.2, 0.25) is 17.7 Å². The highest BCUT2D eigenvalue weighted by Gasteiger charge is 2.28. The number of ether oxygens (including phenoxy) is 2. The third kappa shape index (κ3) is 5.41. The maximum absolute atomic E-state index is 13.9. The number of carbonyl (C=O) groups excluding carboxylic acids is 1. The van der Waals surface area contributed by atoms with Gasteiger partial charge in [0.15, 0.2) is 0 Å². The first kappa shape index (κ1) is 24.0. The number of nitrogens with zero attached hydrogens (tertiary/aromatic N) is 5. The number of hydrogen-bond acceptors (Lipinski definition) is 7. The van der Waals surface area contributed by atoms with Gasteiger partial charge in [-0.3, -0.25) is 4.79 Å². The van der Waals surface area contributed by atoms with Crippen LogP contribution in [0, 0.1) is 5.82 Å². The van der Waals surface area contributed by atoms with Crippen LogP contribution in [0.1, 0.15) is 16.8 Å². The second-order valence-electron chi connectivity index (χ2n) is 9.20. The molecule has 36 heavy (non-hydrogen) atoms. The summed E-state index contributed by atoms with van der Waals surface area (Å²) in [6, 6.07) is 13.5. The van der Waals surface area contributed by atoms with Gasteiger partial charge in [-0.2, -0.15) is 4.98 Å². The first-order valence-corrected chi connectivity index (χ1v) is 12.2. The van der Waals surface area contributed by atoms with Crippen LogP contribution in [0.2, 0.25) is 0 Å². The lowest BCUT2D eigenvalue weighted by atomic mass is 10.0. The van der Waals surface area contributed by atoms with Crippen LogP contribution < -0.4 is 14.4 Å². The number of anilines is 1. The van der Waals surface area contributed by atoms with E-state index in [9.17, 15) is 9.18 Å².